The molecule has 2 unspecified atom stereocenters. The summed E-state index contributed by atoms with van der Waals surface area (Å²) in [5, 5.41) is 1.04. The van der Waals surface area contributed by atoms with Crippen molar-refractivity contribution >= 4 is 50.1 Å². The molecule has 0 spiro atoms. The summed E-state index contributed by atoms with van der Waals surface area (Å²) in [5.41, 5.74) is 0. The van der Waals surface area contributed by atoms with Crippen LogP contribution < -0.4 is 0 Å². The third-order valence-corrected chi connectivity index (χ3v) is 2.92. The van der Waals surface area contributed by atoms with Crippen LogP contribution >= 0.6 is 11.8 Å². The second-order valence-electron chi connectivity index (χ2n) is 1.67. The Labute approximate surface area is 69.9 Å². The van der Waals surface area contributed by atoms with E-state index < -0.39 is 0 Å². The predicted octanol–water partition coefficient (Wildman–Crippen LogP) is 0.0395. The molecule has 1 saturated heterocycles. The summed E-state index contributed by atoms with van der Waals surface area (Å²) in [6.45, 7) is 0. The molecule has 0 N–H and O–H groups in total. The molecule has 2 atom stereocenters. The molecule has 1 fully saturated rings. The average molecular weight is 295 g/mol. The van der Waals surface area contributed by atoms with Crippen molar-refractivity contribution in [1.29, 1.82) is 0 Å². The molecule has 3 heteroatoms. The Bertz CT molecular complexity index is 62.7. The first-order valence-corrected chi connectivity index (χ1v) is 5.87. The summed E-state index contributed by atoms with van der Waals surface area (Å²) in [4.78, 5) is 0. The average Bonchev–Trinajstić information content (AvgIpc) is 2.17. The van der Waals surface area contributed by atoms with Crippen LogP contribution in [0.1, 0.15) is 6.42 Å². The minimum atomic E-state index is 0.904. The number of rotatable bonds is 2. The zero-order chi connectivity index (χ0) is 5.28. The Morgan fingerprint density at radius 3 is 2.71 bits per heavy atom. The molecule has 0 bridgehead atoms. The Kier molecular flexibility index (Phi) is 2.89. The Balaban J connectivity index is 1.97. The molecule has 0 aromatic rings. The van der Waals surface area contributed by atoms with Crippen molar-refractivity contribution in [3.63, 3.8) is 0 Å². The van der Waals surface area contributed by atoms with Gasteiger partial charge in [-0.2, -0.15) is 0 Å². The van der Waals surface area contributed by atoms with E-state index in [-0.39, 0.29) is 0 Å². The van der Waals surface area contributed by atoms with Crippen molar-refractivity contribution in [1.82, 2.24) is 0 Å². The van der Waals surface area contributed by atoms with Crippen molar-refractivity contribution in [3.8, 4) is 0 Å². The topological polar surface area (TPSA) is 0 Å². The summed E-state index contributed by atoms with van der Waals surface area (Å²) in [6.07, 6.45) is 1.43. The maximum absolute atomic E-state index is 2.72. The van der Waals surface area contributed by atoms with Crippen LogP contribution in [-0.4, -0.2) is 49.3 Å². The summed E-state index contributed by atoms with van der Waals surface area (Å²) >= 11 is 6.75. The second kappa shape index (κ2) is 2.99. The quantitative estimate of drug-likeness (QED) is 0.512. The molecule has 0 aliphatic carbocycles. The fraction of sp³-hybridized carbons (Fsp3) is 1.00. The zero-order valence-corrected chi connectivity index (χ0v) is 9.12. The first kappa shape index (κ1) is 6.77. The molecule has 0 saturated carbocycles. The van der Waals surface area contributed by atoms with Gasteiger partial charge in [0.25, 0.3) is 0 Å². The molecule has 0 amide bonds. The van der Waals surface area contributed by atoms with Crippen molar-refractivity contribution < 1.29 is 0 Å². The van der Waals surface area contributed by atoms with Crippen molar-refractivity contribution in [3.05, 3.63) is 0 Å². The number of hydrogen-bond acceptors (Lipinski definition) is 1. The molecule has 7 heavy (non-hydrogen) atoms. The Hall–Kier alpha value is 1.66. The van der Waals surface area contributed by atoms with Crippen LogP contribution in [0.2, 0.25) is 2.86 Å². The van der Waals surface area contributed by atoms with E-state index in [9.17, 15) is 0 Å². The van der Waals surface area contributed by atoms with E-state index in [1.807, 2.05) is 22.3 Å². The van der Waals surface area contributed by atoms with E-state index in [2.05, 4.69) is 27.8 Å². The molecule has 0 radical (unpaired) electrons. The van der Waals surface area contributed by atoms with E-state index >= 15 is 0 Å². The van der Waals surface area contributed by atoms with E-state index in [0.29, 0.717) is 0 Å². The number of hydrogen-bond donors (Lipinski definition) is 0. The molecule has 1 heterocycles. The van der Waals surface area contributed by atoms with E-state index in [0.717, 1.165) is 8.11 Å². The molecule has 42 valence electrons. The van der Waals surface area contributed by atoms with E-state index in [4.69, 9.17) is 0 Å². The molecule has 1 rings (SSSR count). The van der Waals surface area contributed by atoms with Gasteiger partial charge in [-0.15, -0.1) is 0 Å². The first-order valence-electron chi connectivity index (χ1n) is 2.27. The SMILES string of the molecule is [SeH]C([TeH])CC1CS1. The van der Waals surface area contributed by atoms with Crippen molar-refractivity contribution in [2.45, 2.75) is 14.5 Å². The van der Waals surface area contributed by atoms with Crippen LogP contribution in [0.25, 0.3) is 0 Å². The van der Waals surface area contributed by atoms with Crippen LogP contribution in [0.5, 0.6) is 0 Å². The monoisotopic (exact) mass is 298 g/mol. The van der Waals surface area contributed by atoms with Gasteiger partial charge < -0.3 is 0 Å². The zero-order valence-electron chi connectivity index (χ0n) is 3.87. The minimum absolute atomic E-state index is 0.904. The summed E-state index contributed by atoms with van der Waals surface area (Å²) < 4.78 is 0.904. The van der Waals surface area contributed by atoms with Crippen LogP contribution in [0.3, 0.4) is 0 Å². The molecule has 1 aliphatic heterocycles. The standard InChI is InChI=1S/C4H8SSeTe/c6-4(7)1-3-2-5-3/h3-4,6-7H,1-2H2. The Morgan fingerprint density at radius 2 is 2.57 bits per heavy atom. The third-order valence-electron chi connectivity index (χ3n) is 0.876. The van der Waals surface area contributed by atoms with E-state index in [1.165, 1.54) is 12.2 Å². The van der Waals surface area contributed by atoms with Crippen LogP contribution in [0.15, 0.2) is 0 Å². The fourth-order valence-corrected chi connectivity index (χ4v) is 3.04. The van der Waals surface area contributed by atoms with Gasteiger partial charge in [0, 0.05) is 0 Å². The van der Waals surface area contributed by atoms with Gasteiger partial charge in [0.1, 0.15) is 0 Å². The maximum atomic E-state index is 2.72. The van der Waals surface area contributed by atoms with Crippen LogP contribution in [-0.2, 0) is 0 Å². The van der Waals surface area contributed by atoms with Crippen molar-refractivity contribution in [2.75, 3.05) is 5.75 Å². The molecule has 1 aliphatic rings. The van der Waals surface area contributed by atoms with Gasteiger partial charge in [0.15, 0.2) is 0 Å². The number of thioether (sulfide) groups is 1. The fourth-order valence-electron chi connectivity index (χ4n) is 0.439. The molecular formula is C4H8SSeTe. The summed E-state index contributed by atoms with van der Waals surface area (Å²) in [5.74, 6) is 1.43. The third kappa shape index (κ3) is 3.27. The molecular weight excluding hydrogens is 287 g/mol. The van der Waals surface area contributed by atoms with E-state index in [1.54, 1.807) is 0 Å². The molecule has 0 aromatic carbocycles. The summed E-state index contributed by atoms with van der Waals surface area (Å²) in [7, 11) is 0. The predicted molar refractivity (Wildman–Crippen MR) is 38.9 cm³/mol. The van der Waals surface area contributed by atoms with Gasteiger partial charge in [0.05, 0.1) is 0 Å². The van der Waals surface area contributed by atoms with Crippen LogP contribution in [0.4, 0.5) is 0 Å². The van der Waals surface area contributed by atoms with Gasteiger partial charge >= 0.3 is 70.4 Å². The van der Waals surface area contributed by atoms with Gasteiger partial charge in [-0.3, -0.25) is 0 Å². The molecule has 0 nitrogen and oxygen atoms in total. The van der Waals surface area contributed by atoms with Gasteiger partial charge in [-0.1, -0.05) is 0 Å². The Morgan fingerprint density at radius 1 is 2.00 bits per heavy atom. The van der Waals surface area contributed by atoms with Gasteiger partial charge in [-0.05, 0) is 0 Å². The second-order valence-corrected chi connectivity index (χ2v) is 8.72. The first-order chi connectivity index (χ1) is 3.29. The summed E-state index contributed by atoms with van der Waals surface area (Å²) in [6, 6.07) is 0. The van der Waals surface area contributed by atoms with Crippen LogP contribution in [0, 0.1) is 0 Å². The van der Waals surface area contributed by atoms with Crippen molar-refractivity contribution in [2.24, 2.45) is 0 Å². The normalized spacial score (nSPS) is 32.6. The van der Waals surface area contributed by atoms with Gasteiger partial charge in [-0.25, -0.2) is 0 Å². The van der Waals surface area contributed by atoms with Gasteiger partial charge in [0.2, 0.25) is 0 Å². The molecule has 0 aromatic heterocycles.